The molecule has 0 saturated carbocycles. The first-order valence-electron chi connectivity index (χ1n) is 8.88. The largest absolute Gasteiger partial charge is 0.293 e. The molecule has 0 bridgehead atoms. The molecule has 1 unspecified atom stereocenters. The third kappa shape index (κ3) is 6.00. The SMILES string of the molecule is CCCC(C#C[Si](C)(C)C)NC(c1ccccc1)c1ccccc1. The smallest absolute Gasteiger partial charge is 0.129 e. The minimum Gasteiger partial charge on any atom is -0.293 e. The van der Waals surface area contributed by atoms with E-state index in [1.807, 2.05) is 0 Å². The molecule has 0 aliphatic carbocycles. The van der Waals surface area contributed by atoms with Crippen molar-refractivity contribution >= 4 is 8.07 Å². The number of hydrogen-bond donors (Lipinski definition) is 1. The molecule has 0 aromatic heterocycles. The summed E-state index contributed by atoms with van der Waals surface area (Å²) in [6.45, 7) is 9.13. The Bertz CT molecular complexity index is 622. The molecule has 0 amide bonds. The van der Waals surface area contributed by atoms with Gasteiger partial charge < -0.3 is 0 Å². The van der Waals surface area contributed by atoms with Crippen LogP contribution < -0.4 is 5.32 Å². The van der Waals surface area contributed by atoms with Gasteiger partial charge in [0.05, 0.1) is 12.1 Å². The molecule has 24 heavy (non-hydrogen) atoms. The third-order valence-corrected chi connectivity index (χ3v) is 4.73. The minimum atomic E-state index is -1.36. The third-order valence-electron chi connectivity index (χ3n) is 3.83. The van der Waals surface area contributed by atoms with E-state index in [9.17, 15) is 0 Å². The topological polar surface area (TPSA) is 12.0 Å². The summed E-state index contributed by atoms with van der Waals surface area (Å²) >= 11 is 0. The number of benzene rings is 2. The summed E-state index contributed by atoms with van der Waals surface area (Å²) in [5.41, 5.74) is 6.12. The van der Waals surface area contributed by atoms with Crippen LogP contribution in [0.2, 0.25) is 19.6 Å². The van der Waals surface area contributed by atoms with Gasteiger partial charge in [-0.2, -0.15) is 0 Å². The van der Waals surface area contributed by atoms with Crippen molar-refractivity contribution in [2.24, 2.45) is 0 Å². The van der Waals surface area contributed by atoms with Crippen molar-refractivity contribution in [1.82, 2.24) is 5.32 Å². The second-order valence-corrected chi connectivity index (χ2v) is 12.0. The first kappa shape index (κ1) is 18.5. The zero-order valence-corrected chi connectivity index (χ0v) is 16.3. The number of hydrogen-bond acceptors (Lipinski definition) is 1. The van der Waals surface area contributed by atoms with E-state index in [-0.39, 0.29) is 12.1 Å². The lowest BCUT2D eigenvalue weighted by Gasteiger charge is -2.24. The van der Waals surface area contributed by atoms with Gasteiger partial charge in [0.25, 0.3) is 0 Å². The van der Waals surface area contributed by atoms with Crippen LogP contribution in [0.25, 0.3) is 0 Å². The van der Waals surface area contributed by atoms with Crippen molar-refractivity contribution in [2.75, 3.05) is 0 Å². The second-order valence-electron chi connectivity index (χ2n) is 7.28. The molecule has 2 aromatic rings. The molecular formula is C22H29NSi. The molecule has 0 aliphatic heterocycles. The molecule has 1 N–H and O–H groups in total. The fourth-order valence-electron chi connectivity index (χ4n) is 2.67. The normalized spacial score (nSPS) is 12.5. The van der Waals surface area contributed by atoms with E-state index in [1.165, 1.54) is 11.1 Å². The van der Waals surface area contributed by atoms with Crippen LogP contribution in [0.15, 0.2) is 60.7 Å². The van der Waals surface area contributed by atoms with Crippen molar-refractivity contribution in [3.63, 3.8) is 0 Å². The summed E-state index contributed by atoms with van der Waals surface area (Å²) < 4.78 is 0. The molecule has 0 saturated heterocycles. The van der Waals surface area contributed by atoms with Crippen LogP contribution in [0, 0.1) is 11.5 Å². The van der Waals surface area contributed by atoms with E-state index >= 15 is 0 Å². The van der Waals surface area contributed by atoms with Crippen molar-refractivity contribution in [3.05, 3.63) is 71.8 Å². The maximum Gasteiger partial charge on any atom is 0.129 e. The zero-order chi connectivity index (χ0) is 17.4. The van der Waals surface area contributed by atoms with Gasteiger partial charge in [-0.15, -0.1) is 5.54 Å². The van der Waals surface area contributed by atoms with E-state index in [1.54, 1.807) is 0 Å². The van der Waals surface area contributed by atoms with Crippen LogP contribution in [0.4, 0.5) is 0 Å². The van der Waals surface area contributed by atoms with Gasteiger partial charge in [0.15, 0.2) is 0 Å². The fourth-order valence-corrected chi connectivity index (χ4v) is 3.27. The molecule has 126 valence electrons. The lowest BCUT2D eigenvalue weighted by molar-refractivity contribution is 0.514. The van der Waals surface area contributed by atoms with E-state index in [4.69, 9.17) is 0 Å². The van der Waals surface area contributed by atoms with Crippen molar-refractivity contribution in [3.8, 4) is 11.5 Å². The maximum absolute atomic E-state index is 3.81. The van der Waals surface area contributed by atoms with E-state index < -0.39 is 8.07 Å². The summed E-state index contributed by atoms with van der Waals surface area (Å²) in [7, 11) is -1.36. The van der Waals surface area contributed by atoms with Crippen LogP contribution in [0.5, 0.6) is 0 Å². The van der Waals surface area contributed by atoms with Gasteiger partial charge in [-0.1, -0.05) is 99.6 Å². The molecule has 0 fully saturated rings. The highest BCUT2D eigenvalue weighted by molar-refractivity contribution is 6.83. The quantitative estimate of drug-likeness (QED) is 0.549. The monoisotopic (exact) mass is 335 g/mol. The maximum atomic E-state index is 3.81. The minimum absolute atomic E-state index is 0.180. The first-order chi connectivity index (χ1) is 11.5. The standard InChI is InChI=1S/C22H29NSi/c1-5-12-21(17-18-24(2,3)4)23-22(19-13-8-6-9-14-19)20-15-10-7-11-16-20/h6-11,13-16,21-23H,5,12H2,1-4H3. The number of nitrogens with one attached hydrogen (secondary N) is 1. The molecule has 2 rings (SSSR count). The van der Waals surface area contributed by atoms with Crippen molar-refractivity contribution in [2.45, 2.75) is 51.5 Å². The molecule has 0 aliphatic rings. The molecule has 2 aromatic carbocycles. The van der Waals surface area contributed by atoms with Gasteiger partial charge in [0.2, 0.25) is 0 Å². The van der Waals surface area contributed by atoms with Gasteiger partial charge in [-0.25, -0.2) is 0 Å². The highest BCUT2D eigenvalue weighted by Gasteiger charge is 2.17. The molecule has 1 nitrogen and oxygen atoms in total. The van der Waals surface area contributed by atoms with Gasteiger partial charge in [0.1, 0.15) is 8.07 Å². The van der Waals surface area contributed by atoms with Crippen molar-refractivity contribution in [1.29, 1.82) is 0 Å². The lowest BCUT2D eigenvalue weighted by Crippen LogP contribution is -2.33. The Balaban J connectivity index is 2.30. The molecule has 0 heterocycles. The molecule has 2 heteroatoms. The Morgan fingerprint density at radius 2 is 1.38 bits per heavy atom. The Morgan fingerprint density at radius 1 is 0.875 bits per heavy atom. The number of rotatable bonds is 6. The summed E-state index contributed by atoms with van der Waals surface area (Å²) in [5, 5.41) is 3.81. The Hall–Kier alpha value is -1.82. The summed E-state index contributed by atoms with van der Waals surface area (Å²) in [6, 6.07) is 21.8. The van der Waals surface area contributed by atoms with Crippen LogP contribution in [0.1, 0.15) is 36.9 Å². The molecule has 1 atom stereocenters. The average molecular weight is 336 g/mol. The molecular weight excluding hydrogens is 306 g/mol. The fraction of sp³-hybridized carbons (Fsp3) is 0.364. The van der Waals surface area contributed by atoms with Crippen LogP contribution in [-0.4, -0.2) is 14.1 Å². The second kappa shape index (κ2) is 8.87. The lowest BCUT2D eigenvalue weighted by atomic mass is 9.97. The predicted octanol–water partition coefficient (Wildman–Crippen LogP) is 5.42. The Morgan fingerprint density at radius 3 is 1.79 bits per heavy atom. The van der Waals surface area contributed by atoms with E-state index in [0.717, 1.165) is 12.8 Å². The molecule has 0 radical (unpaired) electrons. The highest BCUT2D eigenvalue weighted by atomic mass is 28.3. The summed E-state index contributed by atoms with van der Waals surface area (Å²) in [6.07, 6.45) is 2.21. The van der Waals surface area contributed by atoms with Crippen molar-refractivity contribution < 1.29 is 0 Å². The Kier molecular flexibility index (Phi) is 6.84. The molecule has 0 spiro atoms. The summed E-state index contributed by atoms with van der Waals surface area (Å²) in [5.74, 6) is 3.53. The van der Waals surface area contributed by atoms with Crippen LogP contribution in [0.3, 0.4) is 0 Å². The van der Waals surface area contributed by atoms with Crippen LogP contribution >= 0.6 is 0 Å². The average Bonchev–Trinajstić information content (AvgIpc) is 2.58. The van der Waals surface area contributed by atoms with Crippen LogP contribution in [-0.2, 0) is 0 Å². The predicted molar refractivity (Wildman–Crippen MR) is 108 cm³/mol. The van der Waals surface area contributed by atoms with Gasteiger partial charge in [0, 0.05) is 0 Å². The van der Waals surface area contributed by atoms with Gasteiger partial charge >= 0.3 is 0 Å². The highest BCUT2D eigenvalue weighted by Crippen LogP contribution is 2.23. The van der Waals surface area contributed by atoms with E-state index in [2.05, 4.69) is 104 Å². The first-order valence-corrected chi connectivity index (χ1v) is 12.4. The zero-order valence-electron chi connectivity index (χ0n) is 15.3. The van der Waals surface area contributed by atoms with Gasteiger partial charge in [-0.05, 0) is 17.5 Å². The summed E-state index contributed by atoms with van der Waals surface area (Å²) in [4.78, 5) is 0. The van der Waals surface area contributed by atoms with Gasteiger partial charge in [-0.3, -0.25) is 5.32 Å². The Labute approximate surface area is 148 Å². The van der Waals surface area contributed by atoms with E-state index in [0.29, 0.717) is 0 Å².